The normalized spacial score (nSPS) is 13.2. The van der Waals surface area contributed by atoms with Gasteiger partial charge >= 0.3 is 23.6 Å². The molecule has 1 fully saturated rings. The van der Waals surface area contributed by atoms with E-state index in [0.29, 0.717) is 30.3 Å². The number of carbonyl (C=O) groups excluding carboxylic acids is 4. The molecule has 0 radical (unpaired) electrons. The molecule has 0 saturated carbocycles. The maximum Gasteiger partial charge on any atom is 0.329 e. The van der Waals surface area contributed by atoms with E-state index < -0.39 is 23.6 Å². The number of nitrogens with zero attached hydrogens (tertiary/aromatic N) is 2. The number of benzene rings is 1. The third-order valence-corrected chi connectivity index (χ3v) is 5.02. The summed E-state index contributed by atoms with van der Waals surface area (Å²) in [7, 11) is 0. The predicted molar refractivity (Wildman–Crippen MR) is 117 cm³/mol. The fourth-order valence-corrected chi connectivity index (χ4v) is 3.08. The Morgan fingerprint density at radius 1 is 1.00 bits per heavy atom. The summed E-state index contributed by atoms with van der Waals surface area (Å²) in [4.78, 5) is 49.2. The Kier molecular flexibility index (Phi) is 7.37. The summed E-state index contributed by atoms with van der Waals surface area (Å²) in [5.74, 6) is -2.31. The van der Waals surface area contributed by atoms with E-state index in [2.05, 4.69) is 21.2 Å². The molecule has 1 aliphatic heterocycles. The number of hydrogen-bond acceptors (Lipinski definition) is 6. The topological polar surface area (TPSA) is 133 Å². The highest BCUT2D eigenvalue weighted by atomic mass is 16.3. The molecule has 3 rings (SSSR count). The molecule has 1 aromatic heterocycles. The maximum absolute atomic E-state index is 12.0. The van der Waals surface area contributed by atoms with Crippen molar-refractivity contribution in [3.05, 3.63) is 53.0 Å². The molecule has 4 amide bonds. The second kappa shape index (κ2) is 10.4. The summed E-state index contributed by atoms with van der Waals surface area (Å²) in [6, 6.07) is 8.55. The number of anilines is 1. The van der Waals surface area contributed by atoms with Gasteiger partial charge in [-0.3, -0.25) is 19.2 Å². The Balaban J connectivity index is 1.44. The zero-order valence-corrected chi connectivity index (χ0v) is 17.9. The molecule has 3 N–H and O–H groups in total. The van der Waals surface area contributed by atoms with Crippen LogP contribution in [0.4, 0.5) is 5.69 Å². The van der Waals surface area contributed by atoms with Crippen LogP contribution >= 0.6 is 0 Å². The van der Waals surface area contributed by atoms with Crippen LogP contribution in [0.25, 0.3) is 0 Å². The SMILES string of the molecule is Cc1ccc(NC(=O)C(=O)NCc2ccc(/C=N/NC(=O)C(=O)N3CCCC3)o2)cc1C. The second-order valence-corrected chi connectivity index (χ2v) is 7.44. The number of hydrogen-bond donors (Lipinski definition) is 3. The molecule has 0 aliphatic carbocycles. The zero-order valence-electron chi connectivity index (χ0n) is 17.9. The van der Waals surface area contributed by atoms with Crippen molar-refractivity contribution >= 4 is 35.5 Å². The molecule has 1 aliphatic rings. The van der Waals surface area contributed by atoms with Crippen LogP contribution in [0.2, 0.25) is 0 Å². The zero-order chi connectivity index (χ0) is 23.1. The monoisotopic (exact) mass is 439 g/mol. The minimum absolute atomic E-state index is 0.00712. The molecule has 32 heavy (non-hydrogen) atoms. The highest BCUT2D eigenvalue weighted by Gasteiger charge is 2.24. The van der Waals surface area contributed by atoms with Crippen LogP contribution in [0.15, 0.2) is 39.9 Å². The molecule has 168 valence electrons. The van der Waals surface area contributed by atoms with Gasteiger partial charge in [-0.1, -0.05) is 6.07 Å². The van der Waals surface area contributed by atoms with Gasteiger partial charge in [-0.2, -0.15) is 5.10 Å². The molecule has 10 heteroatoms. The lowest BCUT2D eigenvalue weighted by molar-refractivity contribution is -0.145. The Hall–Kier alpha value is -3.95. The fourth-order valence-electron chi connectivity index (χ4n) is 3.08. The van der Waals surface area contributed by atoms with Gasteiger partial charge in [-0.25, -0.2) is 5.43 Å². The van der Waals surface area contributed by atoms with Crippen LogP contribution in [0.3, 0.4) is 0 Å². The first kappa shape index (κ1) is 22.7. The van der Waals surface area contributed by atoms with Gasteiger partial charge in [0.1, 0.15) is 11.5 Å². The Morgan fingerprint density at radius 3 is 2.47 bits per heavy atom. The predicted octanol–water partition coefficient (Wildman–Crippen LogP) is 1.22. The molecule has 1 saturated heterocycles. The number of furan rings is 1. The summed E-state index contributed by atoms with van der Waals surface area (Å²) >= 11 is 0. The molecule has 2 heterocycles. The summed E-state index contributed by atoms with van der Waals surface area (Å²) in [5, 5.41) is 8.73. The van der Waals surface area contributed by atoms with E-state index in [1.54, 1.807) is 24.3 Å². The highest BCUT2D eigenvalue weighted by molar-refractivity contribution is 6.39. The van der Waals surface area contributed by atoms with Gasteiger partial charge in [0.2, 0.25) is 0 Å². The van der Waals surface area contributed by atoms with Crippen LogP contribution in [0, 0.1) is 13.8 Å². The van der Waals surface area contributed by atoms with Crippen LogP contribution < -0.4 is 16.1 Å². The van der Waals surface area contributed by atoms with Crippen molar-refractivity contribution < 1.29 is 23.6 Å². The lowest BCUT2D eigenvalue weighted by Gasteiger charge is -2.12. The first-order valence-corrected chi connectivity index (χ1v) is 10.2. The number of likely N-dealkylation sites (tertiary alicyclic amines) is 1. The van der Waals surface area contributed by atoms with Gasteiger partial charge < -0.3 is 20.0 Å². The average molecular weight is 439 g/mol. The van der Waals surface area contributed by atoms with Crippen molar-refractivity contribution in [3.8, 4) is 0 Å². The smallest absolute Gasteiger partial charge is 0.329 e. The van der Waals surface area contributed by atoms with E-state index in [9.17, 15) is 19.2 Å². The quantitative estimate of drug-likeness (QED) is 0.366. The van der Waals surface area contributed by atoms with Crippen molar-refractivity contribution in [1.29, 1.82) is 0 Å². The van der Waals surface area contributed by atoms with E-state index >= 15 is 0 Å². The number of amides is 4. The van der Waals surface area contributed by atoms with Crippen molar-refractivity contribution in [2.45, 2.75) is 33.2 Å². The van der Waals surface area contributed by atoms with Crippen LogP contribution in [0.1, 0.15) is 35.5 Å². The number of aryl methyl sites for hydroxylation is 2. The highest BCUT2D eigenvalue weighted by Crippen LogP contribution is 2.14. The van der Waals surface area contributed by atoms with Gasteiger partial charge in [-0.15, -0.1) is 0 Å². The Bertz CT molecular complexity index is 1050. The number of carbonyl (C=O) groups is 4. The van der Waals surface area contributed by atoms with Gasteiger partial charge in [0.15, 0.2) is 0 Å². The number of nitrogens with one attached hydrogen (secondary N) is 3. The van der Waals surface area contributed by atoms with E-state index in [0.717, 1.165) is 24.0 Å². The molecule has 0 bridgehead atoms. The maximum atomic E-state index is 12.0. The number of hydrazone groups is 1. The van der Waals surface area contributed by atoms with Gasteiger partial charge in [0.25, 0.3) is 0 Å². The molecule has 10 nitrogen and oxygen atoms in total. The minimum Gasteiger partial charge on any atom is -0.458 e. The lowest BCUT2D eigenvalue weighted by atomic mass is 10.1. The summed E-state index contributed by atoms with van der Waals surface area (Å²) < 4.78 is 5.46. The van der Waals surface area contributed by atoms with Crippen molar-refractivity contribution in [2.75, 3.05) is 18.4 Å². The molecular weight excluding hydrogens is 414 g/mol. The Morgan fingerprint density at radius 2 is 1.75 bits per heavy atom. The molecule has 2 aromatic rings. The third-order valence-electron chi connectivity index (χ3n) is 5.02. The lowest BCUT2D eigenvalue weighted by Crippen LogP contribution is -2.39. The molecule has 1 aromatic carbocycles. The fraction of sp³-hybridized carbons (Fsp3) is 0.318. The summed E-state index contributed by atoms with van der Waals surface area (Å²) in [6.07, 6.45) is 3.02. The molecular formula is C22H25N5O5. The van der Waals surface area contributed by atoms with Crippen molar-refractivity contribution in [2.24, 2.45) is 5.10 Å². The minimum atomic E-state index is -0.808. The van der Waals surface area contributed by atoms with Gasteiger partial charge in [0.05, 0.1) is 12.8 Å². The van der Waals surface area contributed by atoms with E-state index in [1.807, 2.05) is 19.9 Å². The van der Waals surface area contributed by atoms with Gasteiger partial charge in [-0.05, 0) is 62.1 Å². The second-order valence-electron chi connectivity index (χ2n) is 7.44. The number of rotatable bonds is 5. The third kappa shape index (κ3) is 6.03. The molecule has 0 spiro atoms. The standard InChI is InChI=1S/C22H25N5O5/c1-14-5-6-16(11-15(14)2)25-20(29)19(28)23-12-17-7-8-18(32-17)13-24-26-21(30)22(31)27-9-3-4-10-27/h5-8,11,13H,3-4,9-10,12H2,1-2H3,(H,23,28)(H,25,29)(H,26,30)/b24-13+. The first-order valence-electron chi connectivity index (χ1n) is 10.2. The Labute approximate surface area is 185 Å². The largest absolute Gasteiger partial charge is 0.458 e. The molecule has 0 unspecified atom stereocenters. The van der Waals surface area contributed by atoms with Crippen LogP contribution in [-0.4, -0.2) is 47.8 Å². The van der Waals surface area contributed by atoms with Gasteiger partial charge in [0, 0.05) is 18.8 Å². The van der Waals surface area contributed by atoms with E-state index in [4.69, 9.17) is 4.42 Å². The average Bonchev–Trinajstić information content (AvgIpc) is 3.46. The van der Waals surface area contributed by atoms with Crippen molar-refractivity contribution in [1.82, 2.24) is 15.6 Å². The van der Waals surface area contributed by atoms with E-state index in [1.165, 1.54) is 11.1 Å². The van der Waals surface area contributed by atoms with Crippen LogP contribution in [0.5, 0.6) is 0 Å². The summed E-state index contributed by atoms with van der Waals surface area (Å²) in [5.41, 5.74) is 4.80. The van der Waals surface area contributed by atoms with E-state index in [-0.39, 0.29) is 6.54 Å². The summed E-state index contributed by atoms with van der Waals surface area (Å²) in [6.45, 7) is 5.02. The molecule has 0 atom stereocenters. The van der Waals surface area contributed by atoms with Crippen LogP contribution in [-0.2, 0) is 25.7 Å². The first-order chi connectivity index (χ1) is 15.3. The van der Waals surface area contributed by atoms with Crippen molar-refractivity contribution in [3.63, 3.8) is 0 Å².